The molecular weight excluding hydrogens is 402 g/mol. The zero-order valence-electron chi connectivity index (χ0n) is 18.3. The highest BCUT2D eigenvalue weighted by Crippen LogP contribution is 2.33. The summed E-state index contributed by atoms with van der Waals surface area (Å²) in [5.74, 6) is 0.00818. The second-order valence-corrected chi connectivity index (χ2v) is 7.94. The van der Waals surface area contributed by atoms with Crippen LogP contribution in [-0.4, -0.2) is 27.8 Å². The van der Waals surface area contributed by atoms with E-state index in [0.29, 0.717) is 16.9 Å². The third kappa shape index (κ3) is 4.39. The number of hydrogen-bond donors (Lipinski definition) is 1. The molecule has 6 nitrogen and oxygen atoms in total. The van der Waals surface area contributed by atoms with Gasteiger partial charge in [0, 0.05) is 18.1 Å². The topological polar surface area (TPSA) is 71.5 Å². The summed E-state index contributed by atoms with van der Waals surface area (Å²) in [7, 11) is 0. The molecule has 0 unspecified atom stereocenters. The zero-order chi connectivity index (χ0) is 22.7. The predicted molar refractivity (Wildman–Crippen MR) is 124 cm³/mol. The van der Waals surface area contributed by atoms with Gasteiger partial charge in [0.2, 0.25) is 0 Å². The molecule has 1 aliphatic rings. The lowest BCUT2D eigenvalue weighted by molar-refractivity contribution is -0.137. The van der Waals surface area contributed by atoms with Crippen molar-refractivity contribution in [3.05, 3.63) is 95.4 Å². The van der Waals surface area contributed by atoms with Crippen LogP contribution in [0, 0.1) is 6.92 Å². The molecular formula is C26H25N3O3. The number of imide groups is 1. The summed E-state index contributed by atoms with van der Waals surface area (Å²) in [4.78, 5) is 32.1. The van der Waals surface area contributed by atoms with Gasteiger partial charge in [0.05, 0.1) is 18.2 Å². The Bertz CT molecular complexity index is 1170. The summed E-state index contributed by atoms with van der Waals surface area (Å²) >= 11 is 0. The number of anilines is 1. The number of benzene rings is 2. The highest BCUT2D eigenvalue weighted by Gasteiger charge is 2.39. The number of amides is 2. The van der Waals surface area contributed by atoms with Crippen LogP contribution in [0.2, 0.25) is 0 Å². The van der Waals surface area contributed by atoms with E-state index < -0.39 is 0 Å². The number of aryl methyl sites for hydroxylation is 1. The van der Waals surface area contributed by atoms with Crippen molar-refractivity contribution < 1.29 is 14.3 Å². The van der Waals surface area contributed by atoms with E-state index in [1.165, 1.54) is 4.90 Å². The van der Waals surface area contributed by atoms with E-state index in [0.717, 1.165) is 16.8 Å². The lowest BCUT2D eigenvalue weighted by Crippen LogP contribution is -2.32. The summed E-state index contributed by atoms with van der Waals surface area (Å²) in [5.41, 5.74) is 3.81. The van der Waals surface area contributed by atoms with E-state index >= 15 is 0 Å². The summed E-state index contributed by atoms with van der Waals surface area (Å²) in [6.45, 7) is 6.02. The Balaban J connectivity index is 1.73. The van der Waals surface area contributed by atoms with Crippen molar-refractivity contribution in [2.24, 2.45) is 0 Å². The minimum Gasteiger partial charge on any atom is -0.491 e. The molecule has 3 aromatic rings. The second-order valence-electron chi connectivity index (χ2n) is 7.94. The molecule has 0 saturated heterocycles. The standard InChI is InChI=1S/C26H25N3O3/c1-17(2)32-21-12-10-20(11-13-21)23-24(28-22-9-5-4-7-18(22)3)26(31)29(25(23)30)16-19-8-6-14-27-15-19/h4-15,17,28H,16H2,1-3H3. The van der Waals surface area contributed by atoms with Crippen LogP contribution < -0.4 is 10.1 Å². The van der Waals surface area contributed by atoms with Crippen LogP contribution in [0.3, 0.4) is 0 Å². The minimum atomic E-state index is -0.361. The van der Waals surface area contributed by atoms with E-state index in [4.69, 9.17) is 4.74 Å². The third-order valence-electron chi connectivity index (χ3n) is 5.15. The van der Waals surface area contributed by atoms with Crippen molar-refractivity contribution in [3.63, 3.8) is 0 Å². The average Bonchev–Trinajstić information content (AvgIpc) is 3.00. The molecule has 0 fully saturated rings. The lowest BCUT2D eigenvalue weighted by Gasteiger charge is -2.15. The van der Waals surface area contributed by atoms with Gasteiger partial charge in [-0.1, -0.05) is 36.4 Å². The van der Waals surface area contributed by atoms with E-state index in [9.17, 15) is 9.59 Å². The largest absolute Gasteiger partial charge is 0.491 e. The number of nitrogens with one attached hydrogen (secondary N) is 1. The first-order valence-electron chi connectivity index (χ1n) is 10.5. The van der Waals surface area contributed by atoms with Gasteiger partial charge in [-0.2, -0.15) is 0 Å². The van der Waals surface area contributed by atoms with Crippen LogP contribution in [0.15, 0.2) is 78.8 Å². The number of aromatic nitrogens is 1. The molecule has 0 atom stereocenters. The number of hydrogen-bond acceptors (Lipinski definition) is 5. The average molecular weight is 428 g/mol. The van der Waals surface area contributed by atoms with E-state index in [-0.39, 0.29) is 30.2 Å². The molecule has 32 heavy (non-hydrogen) atoms. The molecule has 2 aromatic carbocycles. The van der Waals surface area contributed by atoms with Crippen molar-refractivity contribution >= 4 is 23.1 Å². The molecule has 6 heteroatoms. The molecule has 0 saturated carbocycles. The Labute approximate surface area is 187 Å². The number of pyridine rings is 1. The maximum absolute atomic E-state index is 13.4. The van der Waals surface area contributed by atoms with Crippen molar-refractivity contribution in [1.29, 1.82) is 0 Å². The molecule has 2 amide bonds. The van der Waals surface area contributed by atoms with Crippen molar-refractivity contribution in [1.82, 2.24) is 9.88 Å². The number of rotatable bonds is 7. The second kappa shape index (κ2) is 9.06. The first kappa shape index (κ1) is 21.3. The molecule has 0 bridgehead atoms. The molecule has 4 rings (SSSR count). The Kier molecular flexibility index (Phi) is 6.03. The van der Waals surface area contributed by atoms with Crippen molar-refractivity contribution in [2.75, 3.05) is 5.32 Å². The maximum atomic E-state index is 13.4. The van der Waals surface area contributed by atoms with Crippen LogP contribution >= 0.6 is 0 Å². The van der Waals surface area contributed by atoms with Gasteiger partial charge in [0.1, 0.15) is 11.4 Å². The quantitative estimate of drug-likeness (QED) is 0.559. The molecule has 1 aromatic heterocycles. The molecule has 1 aliphatic heterocycles. The van der Waals surface area contributed by atoms with Gasteiger partial charge >= 0.3 is 0 Å². The number of carbonyl (C=O) groups is 2. The third-order valence-corrected chi connectivity index (χ3v) is 5.15. The van der Waals surface area contributed by atoms with Gasteiger partial charge in [0.15, 0.2) is 0 Å². The highest BCUT2D eigenvalue weighted by atomic mass is 16.5. The lowest BCUT2D eigenvalue weighted by atomic mass is 10.0. The first-order chi connectivity index (χ1) is 15.4. The molecule has 2 heterocycles. The van der Waals surface area contributed by atoms with Gasteiger partial charge < -0.3 is 10.1 Å². The summed E-state index contributed by atoms with van der Waals surface area (Å²) < 4.78 is 5.72. The Morgan fingerprint density at radius 3 is 2.38 bits per heavy atom. The van der Waals surface area contributed by atoms with Crippen molar-refractivity contribution in [3.8, 4) is 5.75 Å². The van der Waals surface area contributed by atoms with Crippen molar-refractivity contribution in [2.45, 2.75) is 33.4 Å². The van der Waals surface area contributed by atoms with Gasteiger partial charge in [0.25, 0.3) is 11.8 Å². The van der Waals surface area contributed by atoms with Gasteiger partial charge in [-0.3, -0.25) is 19.5 Å². The fourth-order valence-corrected chi connectivity index (χ4v) is 3.60. The fourth-order valence-electron chi connectivity index (χ4n) is 3.60. The van der Waals surface area contributed by atoms with E-state index in [2.05, 4.69) is 10.3 Å². The summed E-state index contributed by atoms with van der Waals surface area (Å²) in [6, 6.07) is 18.5. The first-order valence-corrected chi connectivity index (χ1v) is 10.5. The molecule has 1 N–H and O–H groups in total. The maximum Gasteiger partial charge on any atom is 0.278 e. The smallest absolute Gasteiger partial charge is 0.278 e. The SMILES string of the molecule is Cc1ccccc1NC1=C(c2ccc(OC(C)C)cc2)C(=O)N(Cc2cccnc2)C1=O. The number of ether oxygens (including phenoxy) is 1. The Morgan fingerprint density at radius 1 is 0.969 bits per heavy atom. The normalized spacial score (nSPS) is 13.8. The predicted octanol–water partition coefficient (Wildman–Crippen LogP) is 4.57. The van der Waals surface area contributed by atoms with Crippen LogP contribution in [0.25, 0.3) is 5.57 Å². The minimum absolute atomic E-state index is 0.0445. The van der Waals surface area contributed by atoms with Crippen LogP contribution in [0.1, 0.15) is 30.5 Å². The van der Waals surface area contributed by atoms with Crippen LogP contribution in [-0.2, 0) is 16.1 Å². The Morgan fingerprint density at radius 2 is 1.72 bits per heavy atom. The van der Waals surface area contributed by atoms with Crippen LogP contribution in [0.4, 0.5) is 5.69 Å². The Hall–Kier alpha value is -3.93. The van der Waals surface area contributed by atoms with E-state index in [1.54, 1.807) is 18.5 Å². The molecule has 0 spiro atoms. The molecule has 0 aliphatic carbocycles. The van der Waals surface area contributed by atoms with Gasteiger partial charge in [-0.15, -0.1) is 0 Å². The number of carbonyl (C=O) groups excluding carboxylic acids is 2. The van der Waals surface area contributed by atoms with Gasteiger partial charge in [-0.05, 0) is 61.7 Å². The van der Waals surface area contributed by atoms with E-state index in [1.807, 2.05) is 75.4 Å². The summed E-state index contributed by atoms with van der Waals surface area (Å²) in [6.07, 6.45) is 3.36. The highest BCUT2D eigenvalue weighted by molar-refractivity contribution is 6.36. The molecule has 0 radical (unpaired) electrons. The van der Waals surface area contributed by atoms with Gasteiger partial charge in [-0.25, -0.2) is 0 Å². The number of para-hydroxylation sites is 1. The zero-order valence-corrected chi connectivity index (χ0v) is 18.3. The monoisotopic (exact) mass is 427 g/mol. The van der Waals surface area contributed by atoms with Crippen LogP contribution in [0.5, 0.6) is 5.75 Å². The molecule has 162 valence electrons. The fraction of sp³-hybridized carbons (Fsp3) is 0.192. The number of nitrogens with zero attached hydrogens (tertiary/aromatic N) is 2. The summed E-state index contributed by atoms with van der Waals surface area (Å²) in [5, 5.41) is 3.22.